The van der Waals surface area contributed by atoms with Gasteiger partial charge in [-0.15, -0.1) is 0 Å². The minimum absolute atomic E-state index is 0.236. The maximum atomic E-state index is 5.70. The summed E-state index contributed by atoms with van der Waals surface area (Å²) < 4.78 is 11.3. The molecule has 0 aliphatic carbocycles. The van der Waals surface area contributed by atoms with Gasteiger partial charge >= 0.3 is 0 Å². The molecular weight excluding hydrogens is 366 g/mol. The van der Waals surface area contributed by atoms with Crippen LogP contribution in [-0.2, 0) is 22.6 Å². The normalized spacial score (nSPS) is 17.2. The molecule has 1 atom stereocenters. The van der Waals surface area contributed by atoms with Crippen molar-refractivity contribution in [3.8, 4) is 0 Å². The van der Waals surface area contributed by atoms with E-state index in [4.69, 9.17) is 9.47 Å². The Kier molecular flexibility index (Phi) is 8.27. The molecule has 1 aromatic heterocycles. The van der Waals surface area contributed by atoms with Crippen LogP contribution in [0.5, 0.6) is 0 Å². The molecule has 0 bridgehead atoms. The zero-order valence-corrected chi connectivity index (χ0v) is 17.3. The van der Waals surface area contributed by atoms with Crippen molar-refractivity contribution >= 4 is 11.8 Å². The van der Waals surface area contributed by atoms with Gasteiger partial charge in [0.1, 0.15) is 5.82 Å². The molecule has 1 saturated heterocycles. The third-order valence-corrected chi connectivity index (χ3v) is 4.71. The number of nitrogens with zero attached hydrogens (tertiary/aromatic N) is 3. The van der Waals surface area contributed by atoms with Crippen LogP contribution in [0, 0.1) is 0 Å². The van der Waals surface area contributed by atoms with E-state index < -0.39 is 0 Å². The minimum atomic E-state index is 0.236. The predicted octanol–water partition coefficient (Wildman–Crippen LogP) is 2.19. The Morgan fingerprint density at radius 2 is 2.10 bits per heavy atom. The summed E-state index contributed by atoms with van der Waals surface area (Å²) in [6.07, 6.45) is 2.10. The van der Waals surface area contributed by atoms with E-state index in [1.807, 2.05) is 30.5 Å². The Hall–Kier alpha value is -2.64. The van der Waals surface area contributed by atoms with Gasteiger partial charge in [-0.25, -0.2) is 4.98 Å². The zero-order valence-electron chi connectivity index (χ0n) is 17.3. The molecule has 1 fully saturated rings. The molecule has 156 valence electrons. The molecule has 0 amide bonds. The molecule has 0 radical (unpaired) electrons. The van der Waals surface area contributed by atoms with Gasteiger partial charge in [-0.3, -0.25) is 4.99 Å². The molecule has 1 unspecified atom stereocenters. The van der Waals surface area contributed by atoms with Gasteiger partial charge < -0.3 is 25.0 Å². The highest BCUT2D eigenvalue weighted by molar-refractivity contribution is 5.79. The summed E-state index contributed by atoms with van der Waals surface area (Å²) in [5.41, 5.74) is 2.34. The van der Waals surface area contributed by atoms with E-state index in [0.29, 0.717) is 26.3 Å². The standard InChI is InChI=1S/C22H31N5O2/c1-18-16-27(11-13-29-18)21-14-20(8-9-24-21)15-26-22(23-2)25-10-12-28-17-19-6-4-3-5-7-19/h3-9,14,18H,10-13,15-17H2,1-2H3,(H2,23,25,26). The van der Waals surface area contributed by atoms with Crippen LogP contribution < -0.4 is 15.5 Å². The van der Waals surface area contributed by atoms with Crippen molar-refractivity contribution in [2.45, 2.75) is 26.2 Å². The Bertz CT molecular complexity index is 769. The van der Waals surface area contributed by atoms with Gasteiger partial charge in [0.25, 0.3) is 0 Å². The number of nitrogens with one attached hydrogen (secondary N) is 2. The number of pyridine rings is 1. The van der Waals surface area contributed by atoms with Gasteiger partial charge in [0, 0.05) is 39.4 Å². The van der Waals surface area contributed by atoms with E-state index in [0.717, 1.165) is 37.0 Å². The number of hydrogen-bond donors (Lipinski definition) is 2. The average molecular weight is 398 g/mol. The van der Waals surface area contributed by atoms with Gasteiger partial charge in [0.15, 0.2) is 5.96 Å². The molecule has 29 heavy (non-hydrogen) atoms. The maximum Gasteiger partial charge on any atom is 0.191 e. The van der Waals surface area contributed by atoms with E-state index in [-0.39, 0.29) is 6.10 Å². The lowest BCUT2D eigenvalue weighted by molar-refractivity contribution is 0.0529. The van der Waals surface area contributed by atoms with Crippen LogP contribution in [0.25, 0.3) is 0 Å². The molecule has 2 N–H and O–H groups in total. The van der Waals surface area contributed by atoms with Crippen molar-refractivity contribution < 1.29 is 9.47 Å². The molecular formula is C22H31N5O2. The number of anilines is 1. The number of aliphatic imine (C=N–C) groups is 1. The first-order chi connectivity index (χ1) is 14.2. The monoisotopic (exact) mass is 397 g/mol. The molecule has 3 rings (SSSR count). The highest BCUT2D eigenvalue weighted by Crippen LogP contribution is 2.16. The topological polar surface area (TPSA) is 71.0 Å². The SMILES string of the molecule is CN=C(NCCOCc1ccccc1)NCc1ccnc(N2CCOC(C)C2)c1. The summed E-state index contributed by atoms with van der Waals surface area (Å²) in [4.78, 5) is 11.1. The zero-order chi connectivity index (χ0) is 20.3. The fourth-order valence-corrected chi connectivity index (χ4v) is 3.18. The van der Waals surface area contributed by atoms with E-state index in [2.05, 4.69) is 50.6 Å². The van der Waals surface area contributed by atoms with Crippen molar-refractivity contribution in [1.82, 2.24) is 15.6 Å². The first-order valence-electron chi connectivity index (χ1n) is 10.1. The second-order valence-corrected chi connectivity index (χ2v) is 7.04. The Balaban J connectivity index is 1.39. The summed E-state index contributed by atoms with van der Waals surface area (Å²) in [7, 11) is 1.77. The molecule has 0 saturated carbocycles. The summed E-state index contributed by atoms with van der Waals surface area (Å²) in [6.45, 7) is 7.19. The fraction of sp³-hybridized carbons (Fsp3) is 0.455. The molecule has 1 aliphatic heterocycles. The second kappa shape index (κ2) is 11.4. The molecule has 2 aromatic rings. The number of aromatic nitrogens is 1. The Labute approximate surface area is 173 Å². The molecule has 2 heterocycles. The van der Waals surface area contributed by atoms with E-state index in [9.17, 15) is 0 Å². The number of benzene rings is 1. The number of hydrogen-bond acceptors (Lipinski definition) is 5. The summed E-state index contributed by atoms with van der Waals surface area (Å²) in [6, 6.07) is 14.3. The maximum absolute atomic E-state index is 5.70. The van der Waals surface area contributed by atoms with Gasteiger partial charge in [0.2, 0.25) is 0 Å². The first kappa shape index (κ1) is 21.1. The quantitative estimate of drug-likeness (QED) is 0.404. The summed E-state index contributed by atoms with van der Waals surface area (Å²) in [5.74, 6) is 1.75. The number of rotatable bonds is 8. The third kappa shape index (κ3) is 7.03. The van der Waals surface area contributed by atoms with Crippen molar-refractivity contribution in [1.29, 1.82) is 0 Å². The van der Waals surface area contributed by atoms with Crippen LogP contribution in [0.3, 0.4) is 0 Å². The number of ether oxygens (including phenoxy) is 2. The number of guanidine groups is 1. The van der Waals surface area contributed by atoms with Crippen LogP contribution in [0.4, 0.5) is 5.82 Å². The second-order valence-electron chi connectivity index (χ2n) is 7.04. The summed E-state index contributed by atoms with van der Waals surface area (Å²) >= 11 is 0. The van der Waals surface area contributed by atoms with E-state index in [1.165, 1.54) is 5.56 Å². The molecule has 1 aliphatic rings. The van der Waals surface area contributed by atoms with Crippen molar-refractivity contribution in [2.24, 2.45) is 4.99 Å². The van der Waals surface area contributed by atoms with Gasteiger partial charge in [-0.05, 0) is 30.2 Å². The van der Waals surface area contributed by atoms with Crippen molar-refractivity contribution in [2.75, 3.05) is 44.8 Å². The lowest BCUT2D eigenvalue weighted by Crippen LogP contribution is -2.41. The van der Waals surface area contributed by atoms with Crippen LogP contribution in [0.2, 0.25) is 0 Å². The highest BCUT2D eigenvalue weighted by atomic mass is 16.5. The Morgan fingerprint density at radius 3 is 2.90 bits per heavy atom. The van der Waals surface area contributed by atoms with Crippen molar-refractivity contribution in [3.05, 3.63) is 59.8 Å². The first-order valence-corrected chi connectivity index (χ1v) is 10.1. The van der Waals surface area contributed by atoms with Crippen molar-refractivity contribution in [3.63, 3.8) is 0 Å². The van der Waals surface area contributed by atoms with Crippen LogP contribution in [0.1, 0.15) is 18.1 Å². The molecule has 7 nitrogen and oxygen atoms in total. The average Bonchev–Trinajstić information content (AvgIpc) is 2.76. The number of morpholine rings is 1. The third-order valence-electron chi connectivity index (χ3n) is 4.71. The molecule has 7 heteroatoms. The van der Waals surface area contributed by atoms with Crippen LogP contribution >= 0.6 is 0 Å². The fourth-order valence-electron chi connectivity index (χ4n) is 3.18. The molecule has 0 spiro atoms. The van der Waals surface area contributed by atoms with Gasteiger partial charge in [-0.2, -0.15) is 0 Å². The lowest BCUT2D eigenvalue weighted by atomic mass is 10.2. The lowest BCUT2D eigenvalue weighted by Gasteiger charge is -2.32. The van der Waals surface area contributed by atoms with Crippen LogP contribution in [-0.4, -0.2) is 56.9 Å². The smallest absolute Gasteiger partial charge is 0.191 e. The van der Waals surface area contributed by atoms with Gasteiger partial charge in [-0.1, -0.05) is 30.3 Å². The van der Waals surface area contributed by atoms with E-state index in [1.54, 1.807) is 7.05 Å². The predicted molar refractivity (Wildman–Crippen MR) is 116 cm³/mol. The Morgan fingerprint density at radius 1 is 1.24 bits per heavy atom. The summed E-state index contributed by atoms with van der Waals surface area (Å²) in [5, 5.41) is 6.63. The largest absolute Gasteiger partial charge is 0.375 e. The minimum Gasteiger partial charge on any atom is -0.375 e. The highest BCUT2D eigenvalue weighted by Gasteiger charge is 2.18. The molecule has 1 aromatic carbocycles. The van der Waals surface area contributed by atoms with Crippen LogP contribution in [0.15, 0.2) is 53.7 Å². The van der Waals surface area contributed by atoms with Gasteiger partial charge in [0.05, 0.1) is 25.9 Å². The van der Waals surface area contributed by atoms with E-state index >= 15 is 0 Å².